The molecule has 1 aliphatic rings. The van der Waals surface area contributed by atoms with E-state index >= 15 is 0 Å². The van der Waals surface area contributed by atoms with Crippen molar-refractivity contribution in [3.8, 4) is 11.7 Å². The molecule has 2 atom stereocenters. The third kappa shape index (κ3) is 2.27. The van der Waals surface area contributed by atoms with Gasteiger partial charge in [-0.3, -0.25) is 4.57 Å². The standard InChI is InChI=1S/C21H24N2O/c1-15-16(2)22-18(10-9-17-7-5-4-6-8-17)11-13-20(22)23-19(15)12-14-21(23)24-3/h4-8,11-16H,9-10H2,1-3H3/t15-,16-/m1/s1. The highest BCUT2D eigenvalue weighted by molar-refractivity contribution is 5.43. The molecule has 0 unspecified atom stereocenters. The van der Waals surface area contributed by atoms with E-state index in [1.54, 1.807) is 7.11 Å². The molecule has 0 bridgehead atoms. The minimum atomic E-state index is 0.452. The molecule has 0 saturated carbocycles. The predicted octanol–water partition coefficient (Wildman–Crippen LogP) is 4.75. The van der Waals surface area contributed by atoms with Crippen LogP contribution >= 0.6 is 0 Å². The monoisotopic (exact) mass is 320 g/mol. The van der Waals surface area contributed by atoms with Gasteiger partial charge in [0.15, 0.2) is 5.88 Å². The van der Waals surface area contributed by atoms with Crippen molar-refractivity contribution in [2.24, 2.45) is 0 Å². The van der Waals surface area contributed by atoms with E-state index in [0.29, 0.717) is 12.0 Å². The number of fused-ring (bicyclic) bond motifs is 3. The molecule has 0 amide bonds. The molecule has 124 valence electrons. The quantitative estimate of drug-likeness (QED) is 0.679. The molecule has 0 saturated heterocycles. The van der Waals surface area contributed by atoms with Gasteiger partial charge >= 0.3 is 0 Å². The van der Waals surface area contributed by atoms with E-state index in [1.165, 1.54) is 22.8 Å². The number of hydrogen-bond donors (Lipinski definition) is 0. The minimum absolute atomic E-state index is 0.452. The maximum atomic E-state index is 5.58. The first-order valence-corrected chi connectivity index (χ1v) is 8.70. The van der Waals surface area contributed by atoms with Gasteiger partial charge in [-0.15, -0.1) is 0 Å². The molecule has 3 nitrogen and oxygen atoms in total. The SMILES string of the molecule is COc1ccc2n1-c1ccc(CCc3ccccc3)n1[C@H](C)[C@H]2C. The van der Waals surface area contributed by atoms with Crippen LogP contribution in [0.25, 0.3) is 5.82 Å². The summed E-state index contributed by atoms with van der Waals surface area (Å²) in [5.41, 5.74) is 4.12. The summed E-state index contributed by atoms with van der Waals surface area (Å²) in [5, 5.41) is 0. The second-order valence-electron chi connectivity index (χ2n) is 6.70. The van der Waals surface area contributed by atoms with E-state index in [4.69, 9.17) is 4.74 Å². The fourth-order valence-electron chi connectivity index (χ4n) is 3.92. The summed E-state index contributed by atoms with van der Waals surface area (Å²) in [6, 6.07) is 19.9. The van der Waals surface area contributed by atoms with Gasteiger partial charge in [0.1, 0.15) is 5.82 Å². The summed E-state index contributed by atoms with van der Waals surface area (Å²) in [7, 11) is 1.74. The Labute approximate surface area is 143 Å². The Kier molecular flexibility index (Phi) is 3.72. The van der Waals surface area contributed by atoms with Crippen LogP contribution in [0.5, 0.6) is 5.88 Å². The summed E-state index contributed by atoms with van der Waals surface area (Å²) in [6.45, 7) is 4.63. The Morgan fingerprint density at radius 1 is 0.917 bits per heavy atom. The number of aryl methyl sites for hydroxylation is 2. The first-order valence-electron chi connectivity index (χ1n) is 8.70. The smallest absolute Gasteiger partial charge is 0.199 e. The Morgan fingerprint density at radius 3 is 2.46 bits per heavy atom. The third-order valence-corrected chi connectivity index (χ3v) is 5.40. The van der Waals surface area contributed by atoms with Crippen molar-refractivity contribution in [2.45, 2.75) is 38.6 Å². The van der Waals surface area contributed by atoms with Crippen LogP contribution in [0.1, 0.15) is 42.8 Å². The Balaban J connectivity index is 1.71. The van der Waals surface area contributed by atoms with Crippen molar-refractivity contribution in [1.82, 2.24) is 9.13 Å². The first kappa shape index (κ1) is 15.1. The van der Waals surface area contributed by atoms with Crippen molar-refractivity contribution in [2.75, 3.05) is 7.11 Å². The second kappa shape index (κ2) is 5.90. The van der Waals surface area contributed by atoms with Crippen molar-refractivity contribution >= 4 is 0 Å². The van der Waals surface area contributed by atoms with E-state index in [0.717, 1.165) is 18.7 Å². The molecule has 0 spiro atoms. The molecule has 3 heterocycles. The lowest BCUT2D eigenvalue weighted by Gasteiger charge is -2.33. The first-order chi connectivity index (χ1) is 11.7. The van der Waals surface area contributed by atoms with E-state index in [1.807, 2.05) is 0 Å². The molecular formula is C21H24N2O. The molecule has 24 heavy (non-hydrogen) atoms. The Bertz CT molecular complexity index is 844. The summed E-state index contributed by atoms with van der Waals surface area (Å²) in [6.07, 6.45) is 2.13. The van der Waals surface area contributed by atoms with Crippen molar-refractivity contribution in [3.63, 3.8) is 0 Å². The van der Waals surface area contributed by atoms with Gasteiger partial charge in [-0.2, -0.15) is 0 Å². The fourth-order valence-corrected chi connectivity index (χ4v) is 3.92. The number of aromatic nitrogens is 2. The lowest BCUT2D eigenvalue weighted by atomic mass is 9.97. The zero-order chi connectivity index (χ0) is 16.7. The number of methoxy groups -OCH3 is 1. The summed E-state index contributed by atoms with van der Waals surface area (Å²) in [4.78, 5) is 0. The van der Waals surface area contributed by atoms with Crippen LogP contribution in [0.15, 0.2) is 54.6 Å². The maximum absolute atomic E-state index is 5.58. The Hall–Kier alpha value is -2.42. The number of hydrogen-bond acceptors (Lipinski definition) is 1. The largest absolute Gasteiger partial charge is 0.482 e. The van der Waals surface area contributed by atoms with Crippen LogP contribution in [-0.4, -0.2) is 16.2 Å². The normalized spacial score (nSPS) is 19.0. The number of nitrogens with zero attached hydrogens (tertiary/aromatic N) is 2. The third-order valence-electron chi connectivity index (χ3n) is 5.40. The number of ether oxygens (including phenoxy) is 1. The molecular weight excluding hydrogens is 296 g/mol. The van der Waals surface area contributed by atoms with Gasteiger partial charge in [0.05, 0.1) is 7.11 Å². The molecule has 2 aromatic heterocycles. The van der Waals surface area contributed by atoms with Gasteiger partial charge in [0, 0.05) is 29.4 Å². The van der Waals surface area contributed by atoms with Gasteiger partial charge in [-0.25, -0.2) is 0 Å². The molecule has 0 radical (unpaired) electrons. The van der Waals surface area contributed by atoms with Gasteiger partial charge < -0.3 is 9.30 Å². The molecule has 0 fully saturated rings. The van der Waals surface area contributed by atoms with Crippen LogP contribution in [0, 0.1) is 0 Å². The molecule has 1 aliphatic heterocycles. The molecule has 3 heteroatoms. The van der Waals surface area contributed by atoms with Crippen molar-refractivity contribution in [3.05, 3.63) is 71.5 Å². The molecule has 0 aliphatic carbocycles. The summed E-state index contributed by atoms with van der Waals surface area (Å²) in [5.74, 6) is 2.60. The van der Waals surface area contributed by atoms with Crippen LogP contribution in [0.3, 0.4) is 0 Å². The van der Waals surface area contributed by atoms with Crippen LogP contribution in [0.2, 0.25) is 0 Å². The molecule has 0 N–H and O–H groups in total. The molecule has 1 aromatic carbocycles. The van der Waals surface area contributed by atoms with Crippen LogP contribution < -0.4 is 4.74 Å². The summed E-state index contributed by atoms with van der Waals surface area (Å²) >= 11 is 0. The van der Waals surface area contributed by atoms with Gasteiger partial charge in [-0.05, 0) is 43.5 Å². The van der Waals surface area contributed by atoms with Crippen LogP contribution in [0.4, 0.5) is 0 Å². The topological polar surface area (TPSA) is 19.1 Å². The lowest BCUT2D eigenvalue weighted by molar-refractivity contribution is 0.360. The zero-order valence-corrected chi connectivity index (χ0v) is 14.6. The van der Waals surface area contributed by atoms with Crippen molar-refractivity contribution in [1.29, 1.82) is 0 Å². The highest BCUT2D eigenvalue weighted by Gasteiger charge is 2.31. The predicted molar refractivity (Wildman–Crippen MR) is 97.3 cm³/mol. The highest BCUT2D eigenvalue weighted by atomic mass is 16.5. The average molecular weight is 320 g/mol. The molecule has 3 aromatic rings. The van der Waals surface area contributed by atoms with Gasteiger partial charge in [0.2, 0.25) is 0 Å². The number of rotatable bonds is 4. The van der Waals surface area contributed by atoms with E-state index < -0.39 is 0 Å². The number of benzene rings is 1. The van der Waals surface area contributed by atoms with E-state index in [2.05, 4.69) is 77.6 Å². The van der Waals surface area contributed by atoms with Crippen molar-refractivity contribution < 1.29 is 4.74 Å². The average Bonchev–Trinajstić information content (AvgIpc) is 3.22. The van der Waals surface area contributed by atoms with E-state index in [9.17, 15) is 0 Å². The van der Waals surface area contributed by atoms with E-state index in [-0.39, 0.29) is 0 Å². The molecule has 4 rings (SSSR count). The fraction of sp³-hybridized carbons (Fsp3) is 0.333. The maximum Gasteiger partial charge on any atom is 0.199 e. The lowest BCUT2D eigenvalue weighted by Crippen LogP contribution is -2.25. The minimum Gasteiger partial charge on any atom is -0.482 e. The zero-order valence-electron chi connectivity index (χ0n) is 14.6. The Morgan fingerprint density at radius 2 is 1.71 bits per heavy atom. The second-order valence-corrected chi connectivity index (χ2v) is 6.70. The van der Waals surface area contributed by atoms with Gasteiger partial charge in [-0.1, -0.05) is 37.3 Å². The highest BCUT2D eigenvalue weighted by Crippen LogP contribution is 2.41. The summed E-state index contributed by atoms with van der Waals surface area (Å²) < 4.78 is 10.3. The van der Waals surface area contributed by atoms with Gasteiger partial charge in [0.25, 0.3) is 0 Å². The van der Waals surface area contributed by atoms with Crippen LogP contribution in [-0.2, 0) is 12.8 Å².